The van der Waals surface area contributed by atoms with Crippen LogP contribution in [0.15, 0.2) is 47.5 Å². The van der Waals surface area contributed by atoms with Gasteiger partial charge in [0.15, 0.2) is 0 Å². The van der Waals surface area contributed by atoms with E-state index >= 15 is 0 Å². The monoisotopic (exact) mass is 304 g/mol. The molecule has 3 aromatic rings. The molecule has 0 atom stereocenters. The van der Waals surface area contributed by atoms with E-state index in [1.807, 2.05) is 45.6 Å². The van der Waals surface area contributed by atoms with Gasteiger partial charge in [-0.1, -0.05) is 6.07 Å². The van der Waals surface area contributed by atoms with Gasteiger partial charge in [0.25, 0.3) is 5.82 Å². The summed E-state index contributed by atoms with van der Waals surface area (Å²) < 4.78 is 4.74. The number of fused-ring (bicyclic) bond motifs is 1. The normalized spacial score (nSPS) is 10.9. The maximum absolute atomic E-state index is 5.91. The molecule has 0 fully saturated rings. The number of halogens is 1. The Hall–Kier alpha value is -1.95. The maximum atomic E-state index is 5.91. The lowest BCUT2D eigenvalue weighted by Gasteiger charge is -2.00. The molecule has 0 aliphatic rings. The summed E-state index contributed by atoms with van der Waals surface area (Å²) in [5.41, 5.74) is 6.81. The van der Waals surface area contributed by atoms with Gasteiger partial charge in [0.1, 0.15) is 16.8 Å². The van der Waals surface area contributed by atoms with Crippen LogP contribution in [0.3, 0.4) is 0 Å². The van der Waals surface area contributed by atoms with Crippen LogP contribution < -0.4 is 10.3 Å². The average molecular weight is 305 g/mol. The highest BCUT2D eigenvalue weighted by atomic mass is 79.9. The number of rotatable bonds is 2. The van der Waals surface area contributed by atoms with E-state index in [4.69, 9.17) is 5.73 Å². The first-order chi connectivity index (χ1) is 8.75. The number of imidazole rings is 1. The molecule has 5 nitrogen and oxygen atoms in total. The zero-order chi connectivity index (χ0) is 12.5. The zero-order valence-electron chi connectivity index (χ0n) is 9.49. The predicted molar refractivity (Wildman–Crippen MR) is 70.8 cm³/mol. The number of nitrogens with zero attached hydrogens (tertiary/aromatic N) is 4. The van der Waals surface area contributed by atoms with E-state index in [0.29, 0.717) is 18.1 Å². The van der Waals surface area contributed by atoms with Gasteiger partial charge in [-0.15, -0.1) is 0 Å². The summed E-state index contributed by atoms with van der Waals surface area (Å²) in [6.07, 6.45) is 5.57. The van der Waals surface area contributed by atoms with Gasteiger partial charge in [-0.2, -0.15) is 0 Å². The smallest absolute Gasteiger partial charge is 0.272 e. The van der Waals surface area contributed by atoms with E-state index < -0.39 is 0 Å². The first kappa shape index (κ1) is 11.2. The molecule has 0 amide bonds. The average Bonchev–Trinajstić information content (AvgIpc) is 2.70. The Kier molecular flexibility index (Phi) is 2.71. The van der Waals surface area contributed by atoms with E-state index in [2.05, 4.69) is 25.9 Å². The fourth-order valence-electron chi connectivity index (χ4n) is 1.80. The SMILES string of the molecule is Nc1cccc[n+]1Cc1nc2ncccn2c1Br. The number of anilines is 1. The molecule has 6 heteroatoms. The number of nitrogens with two attached hydrogens (primary N) is 1. The second kappa shape index (κ2) is 4.38. The fourth-order valence-corrected chi connectivity index (χ4v) is 2.29. The molecule has 2 N–H and O–H groups in total. The van der Waals surface area contributed by atoms with Crippen molar-refractivity contribution in [2.24, 2.45) is 0 Å². The Morgan fingerprint density at radius 1 is 1.33 bits per heavy atom. The second-order valence-electron chi connectivity index (χ2n) is 3.89. The minimum Gasteiger partial charge on any atom is -0.287 e. The predicted octanol–water partition coefficient (Wildman–Crippen LogP) is 1.41. The van der Waals surface area contributed by atoms with E-state index in [9.17, 15) is 0 Å². The molecule has 0 radical (unpaired) electrons. The van der Waals surface area contributed by atoms with E-state index in [0.717, 1.165) is 10.3 Å². The Morgan fingerprint density at radius 3 is 3.00 bits per heavy atom. The maximum Gasteiger partial charge on any atom is 0.272 e. The van der Waals surface area contributed by atoms with Crippen molar-refractivity contribution < 1.29 is 4.57 Å². The van der Waals surface area contributed by atoms with Gasteiger partial charge in [0, 0.05) is 18.5 Å². The molecule has 3 aromatic heterocycles. The van der Waals surface area contributed by atoms with Crippen molar-refractivity contribution >= 4 is 27.5 Å². The number of hydrogen-bond donors (Lipinski definition) is 1. The molecule has 0 bridgehead atoms. The van der Waals surface area contributed by atoms with Crippen molar-refractivity contribution in [1.82, 2.24) is 14.4 Å². The Labute approximate surface area is 112 Å². The number of aromatic nitrogens is 4. The lowest BCUT2D eigenvalue weighted by molar-refractivity contribution is -0.674. The lowest BCUT2D eigenvalue weighted by Crippen LogP contribution is -2.37. The van der Waals surface area contributed by atoms with Crippen molar-refractivity contribution in [2.75, 3.05) is 5.73 Å². The van der Waals surface area contributed by atoms with Crippen LogP contribution >= 0.6 is 15.9 Å². The van der Waals surface area contributed by atoms with Crippen molar-refractivity contribution in [3.05, 3.63) is 53.2 Å². The molecule has 3 heterocycles. The Bertz CT molecular complexity index is 707. The van der Waals surface area contributed by atoms with Crippen LogP contribution in [0.2, 0.25) is 0 Å². The highest BCUT2D eigenvalue weighted by molar-refractivity contribution is 9.10. The van der Waals surface area contributed by atoms with Gasteiger partial charge in [-0.3, -0.25) is 10.1 Å². The number of nitrogen functional groups attached to an aromatic ring is 1. The van der Waals surface area contributed by atoms with Crippen LogP contribution in [0.25, 0.3) is 5.78 Å². The van der Waals surface area contributed by atoms with Gasteiger partial charge in [-0.25, -0.2) is 14.5 Å². The van der Waals surface area contributed by atoms with Crippen LogP contribution in [0, 0.1) is 0 Å². The summed E-state index contributed by atoms with van der Waals surface area (Å²) >= 11 is 3.54. The molecule has 0 saturated carbocycles. The number of hydrogen-bond acceptors (Lipinski definition) is 3. The summed E-state index contributed by atoms with van der Waals surface area (Å²) in [7, 11) is 0. The van der Waals surface area contributed by atoms with Crippen LogP contribution in [0.5, 0.6) is 0 Å². The van der Waals surface area contributed by atoms with Crippen LogP contribution in [0.4, 0.5) is 5.82 Å². The first-order valence-electron chi connectivity index (χ1n) is 5.47. The van der Waals surface area contributed by atoms with Gasteiger partial charge < -0.3 is 0 Å². The summed E-state index contributed by atoms with van der Waals surface area (Å²) in [5.74, 6) is 1.38. The summed E-state index contributed by atoms with van der Waals surface area (Å²) in [4.78, 5) is 8.69. The molecule has 18 heavy (non-hydrogen) atoms. The molecule has 0 aromatic carbocycles. The molecule has 0 aliphatic carbocycles. The first-order valence-corrected chi connectivity index (χ1v) is 6.26. The third-order valence-corrected chi connectivity index (χ3v) is 3.55. The quantitative estimate of drug-likeness (QED) is 0.728. The second-order valence-corrected chi connectivity index (χ2v) is 4.64. The molecule has 0 aliphatic heterocycles. The topological polar surface area (TPSA) is 60.1 Å². The highest BCUT2D eigenvalue weighted by Crippen LogP contribution is 2.17. The van der Waals surface area contributed by atoms with Gasteiger partial charge in [-0.05, 0) is 28.1 Å². The van der Waals surface area contributed by atoms with E-state index in [1.165, 1.54) is 0 Å². The summed E-state index contributed by atoms with van der Waals surface area (Å²) in [6.45, 7) is 0.608. The standard InChI is InChI=1S/C12H10BrN5/c13-11-9(8-17-6-2-1-4-10(17)14)16-12-15-5-3-7-18(11)12/h1-7,14H,8H2/p+1. The fraction of sp³-hybridized carbons (Fsp3) is 0.0833. The lowest BCUT2D eigenvalue weighted by atomic mass is 10.4. The highest BCUT2D eigenvalue weighted by Gasteiger charge is 2.13. The summed E-state index contributed by atoms with van der Waals surface area (Å²) in [6, 6.07) is 7.58. The van der Waals surface area contributed by atoms with Crippen molar-refractivity contribution in [2.45, 2.75) is 6.54 Å². The van der Waals surface area contributed by atoms with E-state index in [-0.39, 0.29) is 0 Å². The molecule has 0 spiro atoms. The van der Waals surface area contributed by atoms with Crippen LogP contribution in [-0.2, 0) is 6.54 Å². The molecule has 3 rings (SSSR count). The molecular formula is C12H11BrN5+. The van der Waals surface area contributed by atoms with Crippen molar-refractivity contribution in [3.8, 4) is 0 Å². The minimum absolute atomic E-state index is 0.608. The largest absolute Gasteiger partial charge is 0.287 e. The minimum atomic E-state index is 0.608. The zero-order valence-corrected chi connectivity index (χ0v) is 11.1. The molecule has 0 unspecified atom stereocenters. The van der Waals surface area contributed by atoms with Gasteiger partial charge >= 0.3 is 0 Å². The molecular weight excluding hydrogens is 294 g/mol. The Balaban J connectivity index is 2.06. The van der Waals surface area contributed by atoms with Crippen LogP contribution in [-0.4, -0.2) is 14.4 Å². The molecule has 0 saturated heterocycles. The van der Waals surface area contributed by atoms with Crippen molar-refractivity contribution in [3.63, 3.8) is 0 Å². The molecule has 90 valence electrons. The van der Waals surface area contributed by atoms with Crippen molar-refractivity contribution in [1.29, 1.82) is 0 Å². The van der Waals surface area contributed by atoms with Crippen LogP contribution in [0.1, 0.15) is 5.69 Å². The van der Waals surface area contributed by atoms with Gasteiger partial charge in [0.05, 0.1) is 6.20 Å². The Morgan fingerprint density at radius 2 is 2.22 bits per heavy atom. The third kappa shape index (κ3) is 1.84. The van der Waals surface area contributed by atoms with E-state index in [1.54, 1.807) is 6.20 Å². The third-order valence-electron chi connectivity index (χ3n) is 2.71. The number of pyridine rings is 1. The summed E-state index contributed by atoms with van der Waals surface area (Å²) in [5, 5.41) is 0. The van der Waals surface area contributed by atoms with Gasteiger partial charge in [0.2, 0.25) is 5.78 Å².